The van der Waals surface area contributed by atoms with Crippen molar-refractivity contribution >= 4 is 11.8 Å². The van der Waals surface area contributed by atoms with E-state index in [1.54, 1.807) is 0 Å². The summed E-state index contributed by atoms with van der Waals surface area (Å²) in [7, 11) is 0. The summed E-state index contributed by atoms with van der Waals surface area (Å²) < 4.78 is 0. The predicted octanol–water partition coefficient (Wildman–Crippen LogP) is 3.90. The molecule has 25 heavy (non-hydrogen) atoms. The zero-order chi connectivity index (χ0) is 18.1. The highest BCUT2D eigenvalue weighted by atomic mass is 16.4. The Hall–Kier alpha value is -2.46. The molecule has 0 saturated carbocycles. The van der Waals surface area contributed by atoms with Gasteiger partial charge in [-0.1, -0.05) is 74.0 Å². The molecule has 2 aromatic rings. The molecular weight excluding hydrogens is 314 g/mol. The molecule has 4 heteroatoms. The molecule has 0 aromatic heterocycles. The Morgan fingerprint density at radius 2 is 1.40 bits per heavy atom. The van der Waals surface area contributed by atoms with Gasteiger partial charge in [-0.3, -0.25) is 14.5 Å². The zero-order valence-electron chi connectivity index (χ0n) is 14.6. The van der Waals surface area contributed by atoms with Gasteiger partial charge >= 0.3 is 5.97 Å². The van der Waals surface area contributed by atoms with Crippen molar-refractivity contribution in [3.8, 4) is 0 Å². The van der Waals surface area contributed by atoms with Crippen LogP contribution in [0.3, 0.4) is 0 Å². The standard InChI is InChI=1S/C21H25NO3/c1-2-9-19(20(23)14-21(24)25)22(15-17-10-5-3-6-11-17)16-18-12-7-4-8-13-18/h3-8,10-13,19H,2,9,14-16H2,1H3,(H,24,25)/t19-/m0/s1. The van der Waals surface area contributed by atoms with Crippen LogP contribution in [-0.4, -0.2) is 27.8 Å². The summed E-state index contributed by atoms with van der Waals surface area (Å²) in [6, 6.07) is 19.6. The van der Waals surface area contributed by atoms with Gasteiger partial charge in [-0.05, 0) is 17.5 Å². The molecule has 0 aliphatic rings. The third kappa shape index (κ3) is 6.16. The van der Waals surface area contributed by atoms with Crippen LogP contribution in [-0.2, 0) is 22.7 Å². The third-order valence-corrected chi connectivity index (χ3v) is 4.16. The monoisotopic (exact) mass is 339 g/mol. The van der Waals surface area contributed by atoms with Gasteiger partial charge in [0.15, 0.2) is 5.78 Å². The van der Waals surface area contributed by atoms with Crippen LogP contribution in [0.2, 0.25) is 0 Å². The lowest BCUT2D eigenvalue weighted by Crippen LogP contribution is -2.41. The van der Waals surface area contributed by atoms with Crippen LogP contribution in [0.15, 0.2) is 60.7 Å². The van der Waals surface area contributed by atoms with Crippen molar-refractivity contribution in [2.24, 2.45) is 0 Å². The number of carboxylic acid groups (broad SMARTS) is 1. The lowest BCUT2D eigenvalue weighted by molar-refractivity contribution is -0.141. The minimum atomic E-state index is -1.06. The largest absolute Gasteiger partial charge is 0.481 e. The van der Waals surface area contributed by atoms with Gasteiger partial charge in [-0.15, -0.1) is 0 Å². The van der Waals surface area contributed by atoms with Gasteiger partial charge in [-0.2, -0.15) is 0 Å². The average Bonchev–Trinajstić information content (AvgIpc) is 2.60. The second kappa shape index (κ2) is 9.74. The molecule has 1 atom stereocenters. The molecule has 1 N–H and O–H groups in total. The molecule has 2 aromatic carbocycles. The van der Waals surface area contributed by atoms with Crippen LogP contribution in [0.1, 0.15) is 37.3 Å². The average molecular weight is 339 g/mol. The van der Waals surface area contributed by atoms with E-state index >= 15 is 0 Å². The Bertz CT molecular complexity index is 629. The first kappa shape index (κ1) is 18.9. The first-order valence-corrected chi connectivity index (χ1v) is 8.66. The van der Waals surface area contributed by atoms with Gasteiger partial charge in [0.1, 0.15) is 6.42 Å². The molecule has 0 spiro atoms. The van der Waals surface area contributed by atoms with Crippen LogP contribution < -0.4 is 0 Å². The molecule has 0 aliphatic heterocycles. The number of hydrogen-bond acceptors (Lipinski definition) is 3. The summed E-state index contributed by atoms with van der Waals surface area (Å²) >= 11 is 0. The minimum Gasteiger partial charge on any atom is -0.481 e. The predicted molar refractivity (Wildman–Crippen MR) is 98.1 cm³/mol. The number of carbonyl (C=O) groups is 2. The summed E-state index contributed by atoms with van der Waals surface area (Å²) in [5.41, 5.74) is 2.23. The van der Waals surface area contributed by atoms with E-state index in [9.17, 15) is 9.59 Å². The number of benzene rings is 2. The van der Waals surface area contributed by atoms with Crippen molar-refractivity contribution in [3.05, 3.63) is 71.8 Å². The lowest BCUT2D eigenvalue weighted by Gasteiger charge is -2.30. The molecule has 0 saturated heterocycles. The van der Waals surface area contributed by atoms with E-state index in [1.807, 2.05) is 67.6 Å². The van der Waals surface area contributed by atoms with E-state index in [-0.39, 0.29) is 11.8 Å². The van der Waals surface area contributed by atoms with E-state index in [1.165, 1.54) is 0 Å². The first-order valence-electron chi connectivity index (χ1n) is 8.66. The highest BCUT2D eigenvalue weighted by Crippen LogP contribution is 2.18. The second-order valence-corrected chi connectivity index (χ2v) is 6.22. The zero-order valence-corrected chi connectivity index (χ0v) is 14.6. The fourth-order valence-corrected chi connectivity index (χ4v) is 3.00. The first-order chi connectivity index (χ1) is 12.1. The maximum atomic E-state index is 12.5. The quantitative estimate of drug-likeness (QED) is 0.667. The lowest BCUT2D eigenvalue weighted by atomic mass is 10.0. The normalized spacial score (nSPS) is 12.1. The van der Waals surface area contributed by atoms with Gasteiger partial charge in [0.25, 0.3) is 0 Å². The van der Waals surface area contributed by atoms with Gasteiger partial charge in [-0.25, -0.2) is 0 Å². The van der Waals surface area contributed by atoms with Gasteiger partial charge in [0.05, 0.1) is 6.04 Å². The maximum Gasteiger partial charge on any atom is 0.310 e. The number of nitrogens with zero attached hydrogens (tertiary/aromatic N) is 1. The van der Waals surface area contributed by atoms with E-state index < -0.39 is 12.4 Å². The molecule has 0 bridgehead atoms. The summed E-state index contributed by atoms with van der Waals surface area (Å²) in [5, 5.41) is 9.02. The molecule has 0 radical (unpaired) electrons. The summed E-state index contributed by atoms with van der Waals surface area (Å²) in [4.78, 5) is 25.7. The maximum absolute atomic E-state index is 12.5. The van der Waals surface area contributed by atoms with Crippen LogP contribution in [0, 0.1) is 0 Å². The van der Waals surface area contributed by atoms with Gasteiger partial charge in [0, 0.05) is 13.1 Å². The molecule has 0 unspecified atom stereocenters. The fraction of sp³-hybridized carbons (Fsp3) is 0.333. The number of aliphatic carboxylic acids is 1. The minimum absolute atomic E-state index is 0.221. The van der Waals surface area contributed by atoms with E-state index in [0.29, 0.717) is 19.5 Å². The topological polar surface area (TPSA) is 57.6 Å². The number of carboxylic acids is 1. The Morgan fingerprint density at radius 3 is 1.80 bits per heavy atom. The Kier molecular flexibility index (Phi) is 7.36. The molecule has 0 fully saturated rings. The smallest absolute Gasteiger partial charge is 0.310 e. The van der Waals surface area contributed by atoms with Crippen molar-refractivity contribution in [3.63, 3.8) is 0 Å². The third-order valence-electron chi connectivity index (χ3n) is 4.16. The van der Waals surface area contributed by atoms with Crippen molar-refractivity contribution in [1.82, 2.24) is 4.90 Å². The van der Waals surface area contributed by atoms with Gasteiger partial charge in [0.2, 0.25) is 0 Å². The number of ketones is 1. The van der Waals surface area contributed by atoms with Crippen LogP contribution in [0.25, 0.3) is 0 Å². The molecule has 0 aliphatic carbocycles. The van der Waals surface area contributed by atoms with Crippen molar-refractivity contribution < 1.29 is 14.7 Å². The fourth-order valence-electron chi connectivity index (χ4n) is 3.00. The second-order valence-electron chi connectivity index (χ2n) is 6.22. The highest BCUT2D eigenvalue weighted by Gasteiger charge is 2.26. The van der Waals surface area contributed by atoms with E-state index in [0.717, 1.165) is 17.5 Å². The molecule has 2 rings (SSSR count). The number of Topliss-reactive ketones (excluding diaryl/α,β-unsaturated/α-hetero) is 1. The Labute approximate surface area is 149 Å². The highest BCUT2D eigenvalue weighted by molar-refractivity contribution is 5.97. The summed E-state index contributed by atoms with van der Waals surface area (Å²) in [6.07, 6.45) is 1.06. The molecule has 0 amide bonds. The van der Waals surface area contributed by atoms with Crippen LogP contribution in [0.4, 0.5) is 0 Å². The SMILES string of the molecule is CCC[C@@H](C(=O)CC(=O)O)N(Cc1ccccc1)Cc1ccccc1. The van der Waals surface area contributed by atoms with Crippen LogP contribution >= 0.6 is 0 Å². The van der Waals surface area contributed by atoms with Crippen LogP contribution in [0.5, 0.6) is 0 Å². The number of rotatable bonds is 10. The molecule has 4 nitrogen and oxygen atoms in total. The molecule has 132 valence electrons. The molecular formula is C21H25NO3. The van der Waals surface area contributed by atoms with E-state index in [2.05, 4.69) is 4.90 Å². The van der Waals surface area contributed by atoms with Crippen molar-refractivity contribution in [2.75, 3.05) is 0 Å². The number of carbonyl (C=O) groups excluding carboxylic acids is 1. The Morgan fingerprint density at radius 1 is 0.920 bits per heavy atom. The Balaban J connectivity index is 2.25. The van der Waals surface area contributed by atoms with Crippen molar-refractivity contribution in [2.45, 2.75) is 45.3 Å². The summed E-state index contributed by atoms with van der Waals surface area (Å²) in [5.74, 6) is -1.29. The van der Waals surface area contributed by atoms with Crippen molar-refractivity contribution in [1.29, 1.82) is 0 Å². The number of hydrogen-bond donors (Lipinski definition) is 1. The molecule has 0 heterocycles. The van der Waals surface area contributed by atoms with Gasteiger partial charge < -0.3 is 5.11 Å². The van der Waals surface area contributed by atoms with E-state index in [4.69, 9.17) is 5.11 Å². The summed E-state index contributed by atoms with van der Waals surface area (Å²) in [6.45, 7) is 3.25.